The van der Waals surface area contributed by atoms with E-state index in [1.54, 1.807) is 27.7 Å². The summed E-state index contributed by atoms with van der Waals surface area (Å²) in [5.41, 5.74) is 3.70. The molecular formula is C27H34NO4P. The molecule has 1 amide bonds. The first kappa shape index (κ1) is 25.1. The summed E-state index contributed by atoms with van der Waals surface area (Å²) in [6.45, 7) is 11.0. The van der Waals surface area contributed by atoms with E-state index in [2.05, 4.69) is 0 Å². The summed E-state index contributed by atoms with van der Waals surface area (Å²) in [5.74, 6) is 0. The monoisotopic (exact) mass is 467 g/mol. The summed E-state index contributed by atoms with van der Waals surface area (Å²) in [6.07, 6.45) is 4.54. The van der Waals surface area contributed by atoms with Crippen LogP contribution in [-0.2, 0) is 9.36 Å². The lowest BCUT2D eigenvalue weighted by Gasteiger charge is -2.36. The van der Waals surface area contributed by atoms with E-state index in [4.69, 9.17) is 0 Å². The van der Waals surface area contributed by atoms with Gasteiger partial charge in [-0.15, -0.1) is 0 Å². The van der Waals surface area contributed by atoms with Crippen molar-refractivity contribution in [2.24, 2.45) is 0 Å². The van der Waals surface area contributed by atoms with Crippen molar-refractivity contribution < 1.29 is 18.9 Å². The smallest absolute Gasteiger partial charge is 0.283 e. The van der Waals surface area contributed by atoms with Gasteiger partial charge in [0.1, 0.15) is 0 Å². The molecule has 0 unspecified atom stereocenters. The van der Waals surface area contributed by atoms with Gasteiger partial charge < -0.3 is 0 Å². The van der Waals surface area contributed by atoms with Crippen LogP contribution in [0.2, 0.25) is 0 Å². The van der Waals surface area contributed by atoms with Crippen molar-refractivity contribution >= 4 is 24.8 Å². The maximum absolute atomic E-state index is 14.8. The second-order valence-corrected chi connectivity index (χ2v) is 11.9. The zero-order chi connectivity index (χ0) is 24.5. The van der Waals surface area contributed by atoms with E-state index >= 15 is 0 Å². The Morgan fingerprint density at radius 1 is 0.758 bits per heavy atom. The van der Waals surface area contributed by atoms with E-state index < -0.39 is 18.3 Å². The number of aryl methyl sites for hydroxylation is 6. The molecule has 0 bridgehead atoms. The summed E-state index contributed by atoms with van der Waals surface area (Å²) in [4.78, 5) is 40.6. The molecule has 0 radical (unpaired) electrons. The van der Waals surface area contributed by atoms with Gasteiger partial charge in [0, 0.05) is 17.2 Å². The van der Waals surface area contributed by atoms with Gasteiger partial charge in [0.15, 0.2) is 0 Å². The third kappa shape index (κ3) is 4.61. The minimum Gasteiger partial charge on any atom is -0.283 e. The fourth-order valence-corrected chi connectivity index (χ4v) is 8.11. The average molecular weight is 468 g/mol. The van der Waals surface area contributed by atoms with Crippen molar-refractivity contribution in [2.75, 3.05) is 0 Å². The molecule has 176 valence electrons. The standard InChI is InChI=1S/C27H34NO4P/c1-17-12-19(3)24(20(4)13-17)26(30)33(32,28(16-29)23-10-8-7-9-11-23)27(31)25-21(5)14-18(2)15-22(25)6/h12-16,23H,7-11H2,1-6H3. The quantitative estimate of drug-likeness (QED) is 0.340. The van der Waals surface area contributed by atoms with Crippen LogP contribution >= 0.6 is 7.29 Å². The lowest BCUT2D eigenvalue weighted by Crippen LogP contribution is -2.38. The molecule has 33 heavy (non-hydrogen) atoms. The number of hydrogen-bond donors (Lipinski definition) is 0. The second kappa shape index (κ2) is 9.77. The number of rotatable bonds is 7. The van der Waals surface area contributed by atoms with Crippen molar-refractivity contribution in [1.29, 1.82) is 0 Å². The van der Waals surface area contributed by atoms with E-state index in [0.29, 0.717) is 41.5 Å². The number of carbonyl (C=O) groups excluding carboxylic acids is 3. The number of hydrogen-bond acceptors (Lipinski definition) is 4. The molecule has 0 N–H and O–H groups in total. The van der Waals surface area contributed by atoms with Gasteiger partial charge in [-0.05, 0) is 76.6 Å². The molecule has 3 rings (SSSR count). The largest absolute Gasteiger partial charge is 0.310 e. The average Bonchev–Trinajstić information content (AvgIpc) is 2.73. The van der Waals surface area contributed by atoms with Crippen LogP contribution in [0.3, 0.4) is 0 Å². The molecule has 0 aliphatic heterocycles. The number of benzene rings is 2. The Labute approximate surface area is 197 Å². The van der Waals surface area contributed by atoms with E-state index in [9.17, 15) is 18.9 Å². The Kier molecular flexibility index (Phi) is 7.43. The molecule has 0 atom stereocenters. The van der Waals surface area contributed by atoms with E-state index in [0.717, 1.165) is 35.1 Å². The first-order chi connectivity index (χ1) is 15.5. The maximum atomic E-state index is 14.8. The summed E-state index contributed by atoms with van der Waals surface area (Å²) < 4.78 is 15.9. The predicted octanol–water partition coefficient (Wildman–Crippen LogP) is 6.59. The van der Waals surface area contributed by atoms with Gasteiger partial charge in [0.05, 0.1) is 0 Å². The van der Waals surface area contributed by atoms with Gasteiger partial charge in [0.2, 0.25) is 17.5 Å². The Morgan fingerprint density at radius 2 is 1.12 bits per heavy atom. The van der Waals surface area contributed by atoms with Crippen molar-refractivity contribution in [1.82, 2.24) is 4.67 Å². The van der Waals surface area contributed by atoms with Crippen LogP contribution in [0.1, 0.15) is 86.2 Å². The predicted molar refractivity (Wildman–Crippen MR) is 132 cm³/mol. The molecule has 6 heteroatoms. The SMILES string of the molecule is Cc1cc(C)c(C(=O)P(=O)(C(=O)c2c(C)cc(C)cc2C)N(C=O)C2CCCCC2)c(C)c1. The van der Waals surface area contributed by atoms with Gasteiger partial charge in [-0.2, -0.15) is 0 Å². The van der Waals surface area contributed by atoms with Crippen LogP contribution in [0.15, 0.2) is 24.3 Å². The van der Waals surface area contributed by atoms with E-state index in [-0.39, 0.29) is 17.2 Å². The highest BCUT2D eigenvalue weighted by Crippen LogP contribution is 2.58. The van der Waals surface area contributed by atoms with Gasteiger partial charge in [-0.1, -0.05) is 54.7 Å². The molecule has 2 aromatic carbocycles. The highest BCUT2D eigenvalue weighted by atomic mass is 31.2. The van der Waals surface area contributed by atoms with Crippen LogP contribution < -0.4 is 0 Å². The normalized spacial score (nSPS) is 14.7. The van der Waals surface area contributed by atoms with Crippen LogP contribution in [0.4, 0.5) is 0 Å². The number of amides is 1. The van der Waals surface area contributed by atoms with Gasteiger partial charge >= 0.3 is 7.29 Å². The summed E-state index contributed by atoms with van der Waals surface area (Å²) in [7, 11) is -4.47. The first-order valence-corrected chi connectivity index (χ1v) is 13.3. The van der Waals surface area contributed by atoms with Crippen LogP contribution in [-0.4, -0.2) is 28.2 Å². The van der Waals surface area contributed by atoms with Crippen molar-refractivity contribution in [3.63, 3.8) is 0 Å². The fraction of sp³-hybridized carbons (Fsp3) is 0.444. The molecule has 2 aromatic rings. The highest BCUT2D eigenvalue weighted by molar-refractivity contribution is 7.94. The Hall–Kier alpha value is -2.52. The van der Waals surface area contributed by atoms with Gasteiger partial charge in [-0.3, -0.25) is 23.6 Å². The fourth-order valence-electron chi connectivity index (χ4n) is 5.37. The van der Waals surface area contributed by atoms with E-state index in [1.165, 1.54) is 0 Å². The summed E-state index contributed by atoms with van der Waals surface area (Å²) >= 11 is 0. The van der Waals surface area contributed by atoms with Gasteiger partial charge in [0.25, 0.3) is 0 Å². The molecule has 1 aliphatic rings. The lowest BCUT2D eigenvalue weighted by molar-refractivity contribution is -0.115. The van der Waals surface area contributed by atoms with Crippen LogP contribution in [0, 0.1) is 41.5 Å². The zero-order valence-corrected chi connectivity index (χ0v) is 21.4. The van der Waals surface area contributed by atoms with Crippen LogP contribution in [0.5, 0.6) is 0 Å². The minimum atomic E-state index is -4.47. The maximum Gasteiger partial charge on any atom is 0.310 e. The number of carbonyl (C=O) groups is 3. The van der Waals surface area contributed by atoms with E-state index in [1.807, 2.05) is 38.1 Å². The Morgan fingerprint density at radius 3 is 1.45 bits per heavy atom. The molecule has 0 heterocycles. The molecule has 1 saturated carbocycles. The lowest BCUT2D eigenvalue weighted by atomic mass is 9.96. The molecule has 0 aromatic heterocycles. The molecule has 5 nitrogen and oxygen atoms in total. The molecule has 1 aliphatic carbocycles. The Bertz CT molecular complexity index is 1040. The topological polar surface area (TPSA) is 71.5 Å². The second-order valence-electron chi connectivity index (χ2n) is 9.51. The van der Waals surface area contributed by atoms with Crippen molar-refractivity contribution in [3.8, 4) is 0 Å². The third-order valence-corrected chi connectivity index (χ3v) is 9.33. The minimum absolute atomic E-state index is 0.280. The molecular weight excluding hydrogens is 433 g/mol. The zero-order valence-electron chi connectivity index (χ0n) is 20.5. The molecule has 0 spiro atoms. The molecule has 1 fully saturated rings. The van der Waals surface area contributed by atoms with Gasteiger partial charge in [-0.25, -0.2) is 0 Å². The highest BCUT2D eigenvalue weighted by Gasteiger charge is 2.50. The van der Waals surface area contributed by atoms with Crippen molar-refractivity contribution in [3.05, 3.63) is 68.8 Å². The first-order valence-electron chi connectivity index (χ1n) is 11.6. The third-order valence-electron chi connectivity index (χ3n) is 6.71. The van der Waals surface area contributed by atoms with Crippen molar-refractivity contribution in [2.45, 2.75) is 79.7 Å². The Balaban J connectivity index is 2.27. The summed E-state index contributed by atoms with van der Waals surface area (Å²) in [6, 6.07) is 7.02. The van der Waals surface area contributed by atoms with Crippen LogP contribution in [0.25, 0.3) is 0 Å². The number of nitrogens with zero attached hydrogens (tertiary/aromatic N) is 1. The summed E-state index contributed by atoms with van der Waals surface area (Å²) in [5, 5.41) is 0. The molecule has 0 saturated heterocycles.